The van der Waals surface area contributed by atoms with Crippen molar-refractivity contribution in [2.24, 2.45) is 5.73 Å². The molecule has 0 unspecified atom stereocenters. The Hall–Kier alpha value is -4.87. The number of nitrogens with two attached hydrogens (primary N) is 1. The number of nitrogens with one attached hydrogen (secondary N) is 6. The van der Waals surface area contributed by atoms with E-state index in [1.807, 2.05) is 6.08 Å². The second-order valence-electron chi connectivity index (χ2n) is 10.5. The number of fused-ring (bicyclic) bond motifs is 2. The van der Waals surface area contributed by atoms with Crippen LogP contribution in [0.15, 0.2) is 12.2 Å². The first-order valence-corrected chi connectivity index (χ1v) is 14.9. The van der Waals surface area contributed by atoms with Gasteiger partial charge in [0.25, 0.3) is 0 Å². The summed E-state index contributed by atoms with van der Waals surface area (Å²) in [7, 11) is 0. The lowest BCUT2D eigenvalue weighted by Crippen LogP contribution is -2.53. The van der Waals surface area contributed by atoms with E-state index in [1.54, 1.807) is 6.08 Å². The van der Waals surface area contributed by atoms with Gasteiger partial charge in [0.05, 0.1) is 45.4 Å². The summed E-state index contributed by atoms with van der Waals surface area (Å²) >= 11 is 0. The average Bonchev–Trinajstić information content (AvgIpc) is 3.46. The summed E-state index contributed by atoms with van der Waals surface area (Å²) in [5.74, 6) is -5.45. The zero-order valence-corrected chi connectivity index (χ0v) is 25.5. The molecule has 1 saturated heterocycles. The number of hydrogen-bond donors (Lipinski definition) is 7. The quantitative estimate of drug-likeness (QED) is 0.114. The van der Waals surface area contributed by atoms with Crippen LogP contribution in [0.2, 0.25) is 0 Å². The van der Waals surface area contributed by atoms with Gasteiger partial charge in [0.2, 0.25) is 47.3 Å². The Labute approximate surface area is 265 Å². The Morgan fingerprint density at radius 3 is 2.07 bits per heavy atom. The van der Waals surface area contributed by atoms with E-state index in [0.717, 1.165) is 19.3 Å². The zero-order chi connectivity index (χ0) is 33.9. The number of rotatable bonds is 3. The summed E-state index contributed by atoms with van der Waals surface area (Å²) in [5, 5.41) is 13.8. The average molecular weight is 651 g/mol. The second kappa shape index (κ2) is 20.2. The molecule has 2 rings (SSSR count). The van der Waals surface area contributed by atoms with Gasteiger partial charge in [0, 0.05) is 19.4 Å². The van der Waals surface area contributed by atoms with Gasteiger partial charge in [-0.05, 0) is 25.7 Å². The molecule has 1 fully saturated rings. The van der Waals surface area contributed by atoms with Gasteiger partial charge in [-0.2, -0.15) is 0 Å². The van der Waals surface area contributed by atoms with Crippen LogP contribution in [0.5, 0.6) is 0 Å². The molecule has 8 N–H and O–H groups in total. The maximum absolute atomic E-state index is 12.8. The van der Waals surface area contributed by atoms with Crippen molar-refractivity contribution >= 4 is 53.5 Å². The molecule has 3 atom stereocenters. The Morgan fingerprint density at radius 1 is 0.804 bits per heavy atom. The Bertz CT molecular complexity index is 1180. The van der Waals surface area contributed by atoms with Crippen LogP contribution in [0.3, 0.4) is 0 Å². The number of nitrogens with zero attached hydrogens (tertiary/aromatic N) is 1. The summed E-state index contributed by atoms with van der Waals surface area (Å²) in [6, 6.07) is -2.39. The normalized spacial score (nSPS) is 25.3. The van der Waals surface area contributed by atoms with Crippen LogP contribution in [0.4, 0.5) is 0 Å². The first-order valence-electron chi connectivity index (χ1n) is 14.9. The van der Waals surface area contributed by atoms with E-state index >= 15 is 0 Å². The van der Waals surface area contributed by atoms with Crippen molar-refractivity contribution in [1.82, 2.24) is 36.8 Å². The first kappa shape index (κ1) is 37.3. The first-order chi connectivity index (χ1) is 22.0. The van der Waals surface area contributed by atoms with E-state index in [9.17, 15) is 43.2 Å². The fraction of sp³-hybridized carbons (Fsp3) is 0.607. The van der Waals surface area contributed by atoms with E-state index in [4.69, 9.17) is 10.5 Å². The van der Waals surface area contributed by atoms with Crippen molar-refractivity contribution < 1.29 is 47.9 Å². The van der Waals surface area contributed by atoms with Gasteiger partial charge >= 0.3 is 0 Å². The molecule has 2 aliphatic heterocycles. The molecule has 0 radical (unpaired) electrons. The lowest BCUT2D eigenvalue weighted by Gasteiger charge is -2.25. The third-order valence-electron chi connectivity index (χ3n) is 6.98. The lowest BCUT2D eigenvalue weighted by molar-refractivity contribution is -0.140. The maximum atomic E-state index is 12.8. The van der Waals surface area contributed by atoms with Crippen molar-refractivity contribution in [1.29, 1.82) is 0 Å². The van der Waals surface area contributed by atoms with E-state index in [1.165, 1.54) is 4.90 Å². The molecule has 46 heavy (non-hydrogen) atoms. The van der Waals surface area contributed by atoms with Crippen LogP contribution < -0.4 is 37.6 Å². The maximum Gasteiger partial charge on any atom is 0.243 e. The molecule has 2 bridgehead atoms. The fourth-order valence-electron chi connectivity index (χ4n) is 4.60. The molecule has 0 aliphatic carbocycles. The zero-order valence-electron chi connectivity index (χ0n) is 25.5. The predicted molar refractivity (Wildman–Crippen MR) is 159 cm³/mol. The molecule has 0 aromatic rings. The molecule has 0 spiro atoms. The third-order valence-corrected chi connectivity index (χ3v) is 6.98. The molecular weight excluding hydrogens is 608 g/mol. The largest absolute Gasteiger partial charge is 0.371 e. The number of primary amides is 1. The lowest BCUT2D eigenvalue weighted by atomic mass is 10.1. The molecule has 0 aromatic heterocycles. The highest BCUT2D eigenvalue weighted by molar-refractivity contribution is 5.95. The fourth-order valence-corrected chi connectivity index (χ4v) is 4.60. The van der Waals surface area contributed by atoms with E-state index < -0.39 is 92.1 Å². The molecule has 2 heterocycles. The van der Waals surface area contributed by atoms with Crippen LogP contribution >= 0.6 is 0 Å². The van der Waals surface area contributed by atoms with Crippen LogP contribution in [0.1, 0.15) is 44.9 Å². The topological polar surface area (TPSA) is 264 Å². The summed E-state index contributed by atoms with van der Waals surface area (Å²) < 4.78 is 5.78. The number of aldehydes is 1. The molecule has 18 nitrogen and oxygen atoms in total. The van der Waals surface area contributed by atoms with Gasteiger partial charge in [0.15, 0.2) is 0 Å². The smallest absolute Gasteiger partial charge is 0.243 e. The highest BCUT2D eigenvalue weighted by atomic mass is 16.5. The van der Waals surface area contributed by atoms with Crippen LogP contribution in [0.25, 0.3) is 0 Å². The third kappa shape index (κ3) is 13.8. The summed E-state index contributed by atoms with van der Waals surface area (Å²) in [4.78, 5) is 110. The van der Waals surface area contributed by atoms with Gasteiger partial charge in [0.1, 0.15) is 18.4 Å². The van der Waals surface area contributed by atoms with Crippen molar-refractivity contribution in [3.8, 4) is 0 Å². The van der Waals surface area contributed by atoms with Crippen molar-refractivity contribution in [2.75, 3.05) is 45.9 Å². The molecule has 0 saturated carbocycles. The van der Waals surface area contributed by atoms with E-state index in [2.05, 4.69) is 31.9 Å². The number of carbonyl (C=O) groups excluding carboxylic acids is 9. The minimum Gasteiger partial charge on any atom is -0.371 e. The van der Waals surface area contributed by atoms with Gasteiger partial charge < -0.3 is 52.1 Å². The number of hydrogen-bond acceptors (Lipinski definition) is 10. The molecule has 0 aromatic carbocycles. The number of allylic oxidation sites excluding steroid dienone is 1. The van der Waals surface area contributed by atoms with Crippen LogP contribution in [0, 0.1) is 0 Å². The Balaban J connectivity index is 2.00. The van der Waals surface area contributed by atoms with Crippen LogP contribution in [-0.2, 0) is 47.9 Å². The van der Waals surface area contributed by atoms with Gasteiger partial charge in [-0.15, -0.1) is 0 Å². The molecular formula is C28H42N8O10. The standard InChI is InChI=1S/C28H42N8O10/c29-27(44)26-19-8-10-36(26)25(43)17-33-23(41)15-34-28(45)18(9-11-37)35-24(42)16-32-22(40)14-31-21(39)13-30-20(38)7-5-3-1-2-4-6-12-46-19/h4,6,11,18-19,26H,1-3,5,7-10,12-17H2,(H2,29,44)(H,30,38)(H,31,39)(H,32,40)(H,33,41)(H,34,45)(H,35,42)/b6-4-/t18-,19+,26-/m0/s1. The summed E-state index contributed by atoms with van der Waals surface area (Å²) in [6.07, 6.45) is 6.46. The van der Waals surface area contributed by atoms with E-state index in [0.29, 0.717) is 19.1 Å². The van der Waals surface area contributed by atoms with Crippen molar-refractivity contribution in [3.05, 3.63) is 12.2 Å². The minimum atomic E-state index is -1.36. The molecule has 254 valence electrons. The second-order valence-corrected chi connectivity index (χ2v) is 10.5. The Kier molecular flexibility index (Phi) is 16.4. The van der Waals surface area contributed by atoms with Crippen molar-refractivity contribution in [3.63, 3.8) is 0 Å². The number of ether oxygens (including phenoxy) is 1. The molecule has 18 heteroatoms. The van der Waals surface area contributed by atoms with Gasteiger partial charge in [-0.1, -0.05) is 18.6 Å². The van der Waals surface area contributed by atoms with E-state index in [-0.39, 0.29) is 32.0 Å². The highest BCUT2D eigenvalue weighted by Gasteiger charge is 2.41. The van der Waals surface area contributed by atoms with Crippen molar-refractivity contribution in [2.45, 2.75) is 63.1 Å². The van der Waals surface area contributed by atoms with Crippen LogP contribution in [-0.4, -0.2) is 123 Å². The molecule has 2 aliphatic rings. The Morgan fingerprint density at radius 2 is 1.41 bits per heavy atom. The number of amides is 8. The predicted octanol–water partition coefficient (Wildman–Crippen LogP) is -4.37. The minimum absolute atomic E-state index is 0.180. The van der Waals surface area contributed by atoms with Gasteiger partial charge in [-0.25, -0.2) is 0 Å². The SMILES string of the molecule is NC(=O)[C@@H]1[C@H]2CCN1C(=O)CNC(=O)CNC(=O)[C@H](CC=O)NC(=O)CNC(=O)CNC(=O)CNC(=O)CCCCC/C=C\CO2. The summed E-state index contributed by atoms with van der Waals surface area (Å²) in [5.41, 5.74) is 5.54. The highest BCUT2D eigenvalue weighted by Crippen LogP contribution is 2.21. The molecule has 8 amide bonds. The number of carbonyl (C=O) groups is 9. The monoisotopic (exact) mass is 650 g/mol. The summed E-state index contributed by atoms with van der Waals surface area (Å²) in [6.45, 7) is -2.10. The van der Waals surface area contributed by atoms with Gasteiger partial charge in [-0.3, -0.25) is 38.4 Å².